The fraction of sp³-hybridized carbons (Fsp3) is 0.421. The van der Waals surface area contributed by atoms with Crippen molar-refractivity contribution in [3.63, 3.8) is 0 Å². The Hall–Kier alpha value is -2.63. The largest absolute Gasteiger partial charge is 0.481 e. The van der Waals surface area contributed by atoms with Gasteiger partial charge < -0.3 is 15.2 Å². The molecule has 1 aromatic carbocycles. The molecule has 134 valence electrons. The molecule has 2 rings (SSSR count). The van der Waals surface area contributed by atoms with Crippen LogP contribution in [0.3, 0.4) is 0 Å². The van der Waals surface area contributed by atoms with Gasteiger partial charge in [-0.1, -0.05) is 42.5 Å². The van der Waals surface area contributed by atoms with Crippen molar-refractivity contribution in [3.8, 4) is 0 Å². The minimum absolute atomic E-state index is 0.119. The second-order valence-corrected chi connectivity index (χ2v) is 6.03. The van der Waals surface area contributed by atoms with Crippen LogP contribution < -0.4 is 5.32 Å². The summed E-state index contributed by atoms with van der Waals surface area (Å²) in [5.74, 6) is -2.30. The summed E-state index contributed by atoms with van der Waals surface area (Å²) >= 11 is 0. The zero-order valence-electron chi connectivity index (χ0n) is 14.0. The van der Waals surface area contributed by atoms with Crippen molar-refractivity contribution in [2.24, 2.45) is 5.92 Å². The Balaban J connectivity index is 2.14. The molecule has 1 aliphatic rings. The summed E-state index contributed by atoms with van der Waals surface area (Å²) in [6, 6.07) is 9.20. The number of benzene rings is 1. The highest BCUT2D eigenvalue weighted by atomic mass is 16.5. The Kier molecular flexibility index (Phi) is 7.19. The maximum Gasteiger partial charge on any atom is 0.306 e. The average Bonchev–Trinajstić information content (AvgIpc) is 2.61. The molecule has 0 aliphatic carbocycles. The molecule has 0 saturated carbocycles. The monoisotopic (exact) mass is 345 g/mol. The van der Waals surface area contributed by atoms with Gasteiger partial charge in [-0.15, -0.1) is 0 Å². The molecular weight excluding hydrogens is 322 g/mol. The minimum Gasteiger partial charge on any atom is -0.481 e. The Morgan fingerprint density at radius 2 is 1.96 bits per heavy atom. The van der Waals surface area contributed by atoms with Crippen molar-refractivity contribution in [2.45, 2.75) is 38.2 Å². The number of carbonyl (C=O) groups is 3. The highest BCUT2D eigenvalue weighted by molar-refractivity contribution is 5.83. The Labute approximate surface area is 146 Å². The summed E-state index contributed by atoms with van der Waals surface area (Å²) in [4.78, 5) is 35.4. The number of carboxylic acids is 1. The molecule has 6 nitrogen and oxygen atoms in total. The molecule has 1 heterocycles. The van der Waals surface area contributed by atoms with Gasteiger partial charge in [-0.25, -0.2) is 0 Å². The lowest BCUT2D eigenvalue weighted by Gasteiger charge is -2.20. The van der Waals surface area contributed by atoms with Crippen LogP contribution in [-0.4, -0.2) is 29.5 Å². The molecule has 0 bridgehead atoms. The van der Waals surface area contributed by atoms with Crippen LogP contribution in [0, 0.1) is 5.92 Å². The van der Waals surface area contributed by atoms with Gasteiger partial charge in [-0.2, -0.15) is 0 Å². The molecule has 1 amide bonds. The van der Waals surface area contributed by atoms with Gasteiger partial charge in [0.15, 0.2) is 0 Å². The van der Waals surface area contributed by atoms with E-state index < -0.39 is 18.0 Å². The van der Waals surface area contributed by atoms with E-state index in [4.69, 9.17) is 9.84 Å². The topological polar surface area (TPSA) is 92.7 Å². The average molecular weight is 345 g/mol. The highest BCUT2D eigenvalue weighted by Crippen LogP contribution is 2.19. The number of hydrogen-bond acceptors (Lipinski definition) is 4. The molecule has 0 spiro atoms. The highest BCUT2D eigenvalue weighted by Gasteiger charge is 2.23. The lowest BCUT2D eigenvalue weighted by Crippen LogP contribution is -2.35. The third-order valence-electron chi connectivity index (χ3n) is 4.04. The fourth-order valence-corrected chi connectivity index (χ4v) is 2.69. The predicted molar refractivity (Wildman–Crippen MR) is 91.6 cm³/mol. The number of rotatable bonds is 3. The number of carboxylic acid groups (broad SMARTS) is 1. The van der Waals surface area contributed by atoms with E-state index in [1.165, 1.54) is 0 Å². The zero-order valence-corrected chi connectivity index (χ0v) is 14.0. The van der Waals surface area contributed by atoms with Crippen molar-refractivity contribution in [3.05, 3.63) is 48.0 Å². The summed E-state index contributed by atoms with van der Waals surface area (Å²) in [5.41, 5.74) is 0.791. The Bertz CT molecular complexity index is 626. The van der Waals surface area contributed by atoms with Gasteiger partial charge in [0.2, 0.25) is 5.91 Å². The number of amides is 1. The van der Waals surface area contributed by atoms with Crippen molar-refractivity contribution >= 4 is 17.8 Å². The number of nitrogens with one attached hydrogen (secondary N) is 1. The second kappa shape index (κ2) is 9.61. The molecule has 0 aromatic heterocycles. The number of ether oxygens (including phenoxy) is 1. The van der Waals surface area contributed by atoms with E-state index in [-0.39, 0.29) is 24.8 Å². The zero-order chi connectivity index (χ0) is 18.1. The molecule has 1 aliphatic heterocycles. The number of aliphatic carboxylic acids is 1. The Morgan fingerprint density at radius 3 is 2.68 bits per heavy atom. The smallest absolute Gasteiger partial charge is 0.306 e. The first-order valence-corrected chi connectivity index (χ1v) is 8.45. The first kappa shape index (κ1) is 18.7. The first-order chi connectivity index (χ1) is 12.1. The summed E-state index contributed by atoms with van der Waals surface area (Å²) < 4.78 is 5.52. The van der Waals surface area contributed by atoms with Crippen LogP contribution >= 0.6 is 0 Å². The predicted octanol–water partition coefficient (Wildman–Crippen LogP) is 2.61. The van der Waals surface area contributed by atoms with Crippen molar-refractivity contribution < 1.29 is 24.2 Å². The normalized spacial score (nSPS) is 24.0. The maximum atomic E-state index is 12.4. The molecule has 0 unspecified atom stereocenters. The summed E-state index contributed by atoms with van der Waals surface area (Å²) in [7, 11) is 0. The van der Waals surface area contributed by atoms with Crippen LogP contribution in [0.25, 0.3) is 0 Å². The number of cyclic esters (lactones) is 1. The molecule has 0 saturated heterocycles. The van der Waals surface area contributed by atoms with Gasteiger partial charge in [0.1, 0.15) is 6.10 Å². The quantitative estimate of drug-likeness (QED) is 0.649. The second-order valence-electron chi connectivity index (χ2n) is 6.03. The van der Waals surface area contributed by atoms with Gasteiger partial charge in [-0.3, -0.25) is 14.4 Å². The molecule has 0 fully saturated rings. The van der Waals surface area contributed by atoms with Crippen LogP contribution in [-0.2, 0) is 19.1 Å². The van der Waals surface area contributed by atoms with Crippen LogP contribution in [0.4, 0.5) is 0 Å². The maximum absolute atomic E-state index is 12.4. The summed E-state index contributed by atoms with van der Waals surface area (Å²) in [6.07, 6.45) is 4.88. The van der Waals surface area contributed by atoms with Gasteiger partial charge >= 0.3 is 11.9 Å². The van der Waals surface area contributed by atoms with Crippen molar-refractivity contribution in [1.82, 2.24) is 5.32 Å². The SMILES string of the molecule is O=C(O)C[C@@H]1C/C=C/CCCC(=O)O[C@H](c2ccccc2)CNC1=O. The number of allylic oxidation sites excluding steroid dienone is 2. The summed E-state index contributed by atoms with van der Waals surface area (Å²) in [5, 5.41) is 11.7. The van der Waals surface area contributed by atoms with E-state index in [0.29, 0.717) is 25.7 Å². The minimum atomic E-state index is -1.01. The standard InChI is InChI=1S/C19H23NO5/c21-17(22)12-15-10-4-1-2-7-11-18(23)25-16(13-20-19(15)24)14-8-5-3-6-9-14/h1,3-6,8-9,15-16H,2,7,10-13H2,(H,20,24)(H,21,22)/b4-1+/t15-,16-/m0/s1. The van der Waals surface area contributed by atoms with E-state index in [0.717, 1.165) is 5.56 Å². The van der Waals surface area contributed by atoms with E-state index in [9.17, 15) is 14.4 Å². The van der Waals surface area contributed by atoms with Crippen molar-refractivity contribution in [1.29, 1.82) is 0 Å². The van der Waals surface area contributed by atoms with E-state index in [2.05, 4.69) is 5.32 Å². The summed E-state index contributed by atoms with van der Waals surface area (Å²) in [6.45, 7) is 0.119. The number of carbonyl (C=O) groups excluding carboxylic acids is 2. The first-order valence-electron chi connectivity index (χ1n) is 8.45. The molecule has 2 atom stereocenters. The number of hydrogen-bond donors (Lipinski definition) is 2. The fourth-order valence-electron chi connectivity index (χ4n) is 2.69. The number of esters is 1. The van der Waals surface area contributed by atoms with Gasteiger partial charge in [0.25, 0.3) is 0 Å². The van der Waals surface area contributed by atoms with E-state index >= 15 is 0 Å². The Morgan fingerprint density at radius 1 is 1.20 bits per heavy atom. The van der Waals surface area contributed by atoms with E-state index in [1.807, 2.05) is 42.5 Å². The molecule has 25 heavy (non-hydrogen) atoms. The van der Waals surface area contributed by atoms with E-state index in [1.54, 1.807) is 0 Å². The van der Waals surface area contributed by atoms with Gasteiger partial charge in [0.05, 0.1) is 18.9 Å². The van der Waals surface area contributed by atoms with Crippen LogP contribution in [0.15, 0.2) is 42.5 Å². The lowest BCUT2D eigenvalue weighted by atomic mass is 9.99. The molecular formula is C19H23NO5. The molecule has 1 aromatic rings. The molecule has 2 N–H and O–H groups in total. The molecule has 6 heteroatoms. The van der Waals surface area contributed by atoms with Crippen LogP contribution in [0.2, 0.25) is 0 Å². The van der Waals surface area contributed by atoms with Crippen molar-refractivity contribution in [2.75, 3.05) is 6.54 Å². The van der Waals surface area contributed by atoms with Gasteiger partial charge in [-0.05, 0) is 24.8 Å². The van der Waals surface area contributed by atoms with Gasteiger partial charge in [0, 0.05) is 6.42 Å². The third kappa shape index (κ3) is 6.41. The lowest BCUT2D eigenvalue weighted by molar-refractivity contribution is -0.150. The molecule has 0 radical (unpaired) electrons. The van der Waals surface area contributed by atoms with Crippen LogP contribution in [0.5, 0.6) is 0 Å². The van der Waals surface area contributed by atoms with Crippen LogP contribution in [0.1, 0.15) is 43.8 Å². The third-order valence-corrected chi connectivity index (χ3v) is 4.04.